The molecule has 4 rings (SSSR count). The Morgan fingerprint density at radius 2 is 2.04 bits per heavy atom. The Kier molecular flexibility index (Phi) is 4.46. The molecule has 1 aliphatic rings. The number of nitrogens with zero attached hydrogens (tertiary/aromatic N) is 3. The Morgan fingerprint density at radius 3 is 2.79 bits per heavy atom. The van der Waals surface area contributed by atoms with Crippen molar-refractivity contribution in [1.82, 2.24) is 14.9 Å². The summed E-state index contributed by atoms with van der Waals surface area (Å²) in [4.78, 5) is 29.6. The molecule has 7 nitrogen and oxygen atoms in total. The summed E-state index contributed by atoms with van der Waals surface area (Å²) in [6, 6.07) is 2.44. The molecule has 0 unspecified atom stereocenters. The van der Waals surface area contributed by atoms with E-state index < -0.39 is 28.6 Å². The molecular formula is C19H18F2N4O3. The summed E-state index contributed by atoms with van der Waals surface area (Å²) in [5.41, 5.74) is -1.21. The number of aryl methyl sites for hydroxylation is 1. The van der Waals surface area contributed by atoms with Gasteiger partial charge in [0, 0.05) is 38.3 Å². The highest BCUT2D eigenvalue weighted by molar-refractivity contribution is 5.97. The first-order valence-electron chi connectivity index (χ1n) is 8.89. The second kappa shape index (κ2) is 6.83. The van der Waals surface area contributed by atoms with Gasteiger partial charge in [-0.1, -0.05) is 0 Å². The Hall–Kier alpha value is -3.07. The Morgan fingerprint density at radius 1 is 1.25 bits per heavy atom. The van der Waals surface area contributed by atoms with E-state index in [0.29, 0.717) is 19.6 Å². The fraction of sp³-hybridized carbons (Fsp3) is 0.316. The molecule has 1 fully saturated rings. The predicted octanol–water partition coefficient (Wildman–Crippen LogP) is 1.86. The second-order valence-corrected chi connectivity index (χ2v) is 6.83. The Bertz CT molecular complexity index is 1170. The number of rotatable bonds is 2. The van der Waals surface area contributed by atoms with Crippen LogP contribution in [0.4, 0.5) is 14.5 Å². The van der Waals surface area contributed by atoms with Gasteiger partial charge in [0.1, 0.15) is 28.2 Å². The number of carbonyl (C=O) groups is 1. The SMILES string of the molecule is Cn1cc(C(=O)O)c(=O)c2cc3cc(F)c(N4CCCNCC4)c(F)c3nc21. The molecule has 0 radical (unpaired) electrons. The first kappa shape index (κ1) is 18.3. The maximum Gasteiger partial charge on any atom is 0.341 e. The normalized spacial score (nSPS) is 15.2. The fourth-order valence-electron chi connectivity index (χ4n) is 3.63. The first-order valence-corrected chi connectivity index (χ1v) is 8.89. The number of aromatic carboxylic acids is 1. The van der Waals surface area contributed by atoms with Gasteiger partial charge in [0.25, 0.3) is 0 Å². The Balaban J connectivity index is 1.99. The van der Waals surface area contributed by atoms with E-state index in [0.717, 1.165) is 25.2 Å². The van der Waals surface area contributed by atoms with Crippen molar-refractivity contribution in [2.75, 3.05) is 31.1 Å². The number of nitrogens with one attached hydrogen (secondary N) is 1. The topological polar surface area (TPSA) is 87.5 Å². The van der Waals surface area contributed by atoms with Crippen LogP contribution in [0.1, 0.15) is 16.8 Å². The predicted molar refractivity (Wildman–Crippen MR) is 101 cm³/mol. The summed E-state index contributed by atoms with van der Waals surface area (Å²) >= 11 is 0. The lowest BCUT2D eigenvalue weighted by atomic mass is 10.1. The molecule has 1 aromatic carbocycles. The zero-order chi connectivity index (χ0) is 20.0. The third-order valence-corrected chi connectivity index (χ3v) is 4.99. The van der Waals surface area contributed by atoms with Crippen LogP contribution in [-0.2, 0) is 7.05 Å². The standard InChI is InChI=1S/C19H18F2N4O3/c1-24-9-12(19(27)28)17(26)11-7-10-8-13(20)16(14(21)15(10)23-18(11)24)25-5-2-3-22-4-6-25/h7-9,22H,2-6H2,1H3,(H,27,28). The van der Waals surface area contributed by atoms with Gasteiger partial charge >= 0.3 is 5.97 Å². The number of aromatic nitrogens is 2. The van der Waals surface area contributed by atoms with E-state index in [1.807, 2.05) is 0 Å². The van der Waals surface area contributed by atoms with Gasteiger partial charge in [-0.25, -0.2) is 18.6 Å². The molecule has 9 heteroatoms. The lowest BCUT2D eigenvalue weighted by Gasteiger charge is -2.24. The van der Waals surface area contributed by atoms with E-state index in [1.54, 1.807) is 4.90 Å². The zero-order valence-electron chi connectivity index (χ0n) is 15.1. The van der Waals surface area contributed by atoms with E-state index >= 15 is 4.39 Å². The van der Waals surface area contributed by atoms with Gasteiger partial charge < -0.3 is 19.9 Å². The first-order chi connectivity index (χ1) is 13.4. The lowest BCUT2D eigenvalue weighted by molar-refractivity contribution is 0.0695. The molecule has 1 aliphatic heterocycles. The molecule has 0 spiro atoms. The third kappa shape index (κ3) is 2.88. The summed E-state index contributed by atoms with van der Waals surface area (Å²) in [7, 11) is 1.52. The number of anilines is 1. The van der Waals surface area contributed by atoms with Crippen LogP contribution in [0.25, 0.3) is 21.9 Å². The van der Waals surface area contributed by atoms with Crippen LogP contribution in [0.5, 0.6) is 0 Å². The number of hydrogen-bond acceptors (Lipinski definition) is 5. The minimum Gasteiger partial charge on any atom is -0.477 e. The van der Waals surface area contributed by atoms with E-state index in [1.165, 1.54) is 17.7 Å². The van der Waals surface area contributed by atoms with E-state index in [-0.39, 0.29) is 27.6 Å². The summed E-state index contributed by atoms with van der Waals surface area (Å²) in [5.74, 6) is -2.89. The summed E-state index contributed by atoms with van der Waals surface area (Å²) < 4.78 is 31.4. The molecule has 28 heavy (non-hydrogen) atoms. The number of carboxylic acids is 1. The average molecular weight is 388 g/mol. The van der Waals surface area contributed by atoms with Gasteiger partial charge in [-0.15, -0.1) is 0 Å². The van der Waals surface area contributed by atoms with Crippen LogP contribution in [0.2, 0.25) is 0 Å². The molecule has 0 amide bonds. The van der Waals surface area contributed by atoms with Gasteiger partial charge in [-0.3, -0.25) is 4.79 Å². The highest BCUT2D eigenvalue weighted by atomic mass is 19.1. The van der Waals surface area contributed by atoms with Crippen molar-refractivity contribution in [3.63, 3.8) is 0 Å². The molecule has 1 saturated heterocycles. The molecule has 146 valence electrons. The number of benzene rings is 1. The smallest absolute Gasteiger partial charge is 0.341 e. The Labute approximate surface area is 158 Å². The average Bonchev–Trinajstić information content (AvgIpc) is 2.93. The molecular weight excluding hydrogens is 370 g/mol. The van der Waals surface area contributed by atoms with Crippen molar-refractivity contribution in [1.29, 1.82) is 0 Å². The van der Waals surface area contributed by atoms with E-state index in [4.69, 9.17) is 0 Å². The molecule has 0 aliphatic carbocycles. The highest BCUT2D eigenvalue weighted by Gasteiger charge is 2.23. The zero-order valence-corrected chi connectivity index (χ0v) is 15.1. The van der Waals surface area contributed by atoms with E-state index in [9.17, 15) is 19.1 Å². The lowest BCUT2D eigenvalue weighted by Crippen LogP contribution is -2.29. The molecule has 2 aromatic heterocycles. The third-order valence-electron chi connectivity index (χ3n) is 4.99. The molecule has 3 aromatic rings. The minimum absolute atomic E-state index is 0.000391. The van der Waals surface area contributed by atoms with Gasteiger partial charge in [-0.05, 0) is 25.1 Å². The summed E-state index contributed by atoms with van der Waals surface area (Å²) in [6.45, 7) is 2.38. The number of carboxylic acid groups (broad SMARTS) is 1. The number of pyridine rings is 2. The number of halogens is 2. The maximum absolute atomic E-state index is 15.3. The van der Waals surface area contributed by atoms with Crippen molar-refractivity contribution < 1.29 is 18.7 Å². The largest absolute Gasteiger partial charge is 0.477 e. The van der Waals surface area contributed by atoms with Crippen molar-refractivity contribution in [3.8, 4) is 0 Å². The quantitative estimate of drug-likeness (QED) is 0.652. The molecule has 2 N–H and O–H groups in total. The van der Waals surface area contributed by atoms with Gasteiger partial charge in [-0.2, -0.15) is 0 Å². The van der Waals surface area contributed by atoms with Crippen molar-refractivity contribution in [2.45, 2.75) is 6.42 Å². The van der Waals surface area contributed by atoms with Crippen molar-refractivity contribution >= 4 is 33.6 Å². The molecule has 0 saturated carbocycles. The van der Waals surface area contributed by atoms with Crippen LogP contribution in [0.3, 0.4) is 0 Å². The van der Waals surface area contributed by atoms with Gasteiger partial charge in [0.2, 0.25) is 5.43 Å². The number of fused-ring (bicyclic) bond motifs is 2. The molecule has 0 bridgehead atoms. The molecule has 3 heterocycles. The number of hydrogen-bond donors (Lipinski definition) is 2. The van der Waals surface area contributed by atoms with Crippen LogP contribution in [0, 0.1) is 11.6 Å². The van der Waals surface area contributed by atoms with Crippen molar-refractivity contribution in [3.05, 3.63) is 45.8 Å². The summed E-state index contributed by atoms with van der Waals surface area (Å²) in [5, 5.41) is 12.5. The molecule has 0 atom stereocenters. The maximum atomic E-state index is 15.3. The second-order valence-electron chi connectivity index (χ2n) is 6.83. The monoisotopic (exact) mass is 388 g/mol. The minimum atomic E-state index is -1.37. The fourth-order valence-corrected chi connectivity index (χ4v) is 3.63. The summed E-state index contributed by atoms with van der Waals surface area (Å²) in [6.07, 6.45) is 1.91. The van der Waals surface area contributed by atoms with Crippen LogP contribution < -0.4 is 15.6 Å². The van der Waals surface area contributed by atoms with Gasteiger partial charge in [0.15, 0.2) is 5.82 Å². The van der Waals surface area contributed by atoms with Crippen molar-refractivity contribution in [2.24, 2.45) is 7.05 Å². The van der Waals surface area contributed by atoms with Crippen LogP contribution in [-0.4, -0.2) is 46.8 Å². The van der Waals surface area contributed by atoms with Gasteiger partial charge in [0.05, 0.1) is 5.39 Å². The van der Waals surface area contributed by atoms with E-state index in [2.05, 4.69) is 10.3 Å². The van der Waals surface area contributed by atoms with Crippen LogP contribution in [0.15, 0.2) is 23.1 Å². The highest BCUT2D eigenvalue weighted by Crippen LogP contribution is 2.31. The van der Waals surface area contributed by atoms with Crippen LogP contribution >= 0.6 is 0 Å².